The van der Waals surface area contributed by atoms with Crippen LogP contribution in [0.4, 0.5) is 0 Å². The smallest absolute Gasteiger partial charge is 0.253 e. The van der Waals surface area contributed by atoms with Gasteiger partial charge in [0.2, 0.25) is 0 Å². The fourth-order valence-electron chi connectivity index (χ4n) is 2.58. The van der Waals surface area contributed by atoms with Gasteiger partial charge in [-0.1, -0.05) is 13.0 Å². The Bertz CT molecular complexity index is 760. The van der Waals surface area contributed by atoms with Crippen LogP contribution in [0, 0.1) is 6.92 Å². The van der Waals surface area contributed by atoms with Gasteiger partial charge in [0, 0.05) is 35.8 Å². The SMILES string of the molecule is CCCNCCCNC(=O)c1cccc(C(=O)N(C)Cc2nc(C)cs2)c1. The lowest BCUT2D eigenvalue weighted by Gasteiger charge is -2.16. The second kappa shape index (κ2) is 10.8. The molecule has 146 valence electrons. The van der Waals surface area contributed by atoms with Crippen LogP contribution in [-0.4, -0.2) is 48.4 Å². The maximum absolute atomic E-state index is 12.7. The minimum atomic E-state index is -0.154. The first-order chi connectivity index (χ1) is 13.0. The normalized spacial score (nSPS) is 10.6. The van der Waals surface area contributed by atoms with Crippen LogP contribution in [0.15, 0.2) is 29.6 Å². The summed E-state index contributed by atoms with van der Waals surface area (Å²) in [7, 11) is 1.75. The van der Waals surface area contributed by atoms with Crippen LogP contribution >= 0.6 is 11.3 Å². The van der Waals surface area contributed by atoms with Crippen molar-refractivity contribution < 1.29 is 9.59 Å². The van der Waals surface area contributed by atoms with Crippen LogP contribution in [0.3, 0.4) is 0 Å². The van der Waals surface area contributed by atoms with E-state index in [0.29, 0.717) is 24.2 Å². The molecule has 0 aliphatic carbocycles. The molecule has 0 unspecified atom stereocenters. The van der Waals surface area contributed by atoms with E-state index in [4.69, 9.17) is 0 Å². The lowest BCUT2D eigenvalue weighted by atomic mass is 10.1. The standard InChI is InChI=1S/C20H28N4O2S/c1-4-9-21-10-6-11-22-19(25)16-7-5-8-17(12-16)20(26)24(3)13-18-23-15(2)14-27-18/h5,7-8,12,14,21H,4,6,9-11,13H2,1-3H3,(H,22,25). The number of hydrogen-bond donors (Lipinski definition) is 2. The lowest BCUT2D eigenvalue weighted by Crippen LogP contribution is -2.29. The summed E-state index contributed by atoms with van der Waals surface area (Å²) < 4.78 is 0. The molecule has 2 rings (SSSR count). The molecule has 0 fully saturated rings. The Morgan fingerprint density at radius 1 is 1.19 bits per heavy atom. The third-order valence-corrected chi connectivity index (χ3v) is 4.95. The maximum atomic E-state index is 12.7. The van der Waals surface area contributed by atoms with E-state index in [9.17, 15) is 9.59 Å². The van der Waals surface area contributed by atoms with Gasteiger partial charge in [0.1, 0.15) is 5.01 Å². The van der Waals surface area contributed by atoms with Gasteiger partial charge >= 0.3 is 0 Å². The van der Waals surface area contributed by atoms with E-state index < -0.39 is 0 Å². The van der Waals surface area contributed by atoms with Gasteiger partial charge in [-0.05, 0) is 51.1 Å². The minimum Gasteiger partial charge on any atom is -0.352 e. The summed E-state index contributed by atoms with van der Waals surface area (Å²) in [6, 6.07) is 6.85. The number of nitrogens with zero attached hydrogens (tertiary/aromatic N) is 2. The Hall–Kier alpha value is -2.25. The molecule has 0 aliphatic heterocycles. The van der Waals surface area contributed by atoms with Crippen LogP contribution in [0.1, 0.15) is 51.2 Å². The second-order valence-electron chi connectivity index (χ2n) is 6.48. The first-order valence-corrected chi connectivity index (χ1v) is 10.1. The van der Waals surface area contributed by atoms with E-state index >= 15 is 0 Å². The molecule has 0 atom stereocenters. The first-order valence-electron chi connectivity index (χ1n) is 9.26. The monoisotopic (exact) mass is 388 g/mol. The molecule has 0 bridgehead atoms. The largest absolute Gasteiger partial charge is 0.352 e. The van der Waals surface area contributed by atoms with E-state index in [-0.39, 0.29) is 11.8 Å². The number of amides is 2. The Kier molecular flexibility index (Phi) is 8.42. The average molecular weight is 389 g/mol. The van der Waals surface area contributed by atoms with E-state index in [2.05, 4.69) is 22.5 Å². The summed E-state index contributed by atoms with van der Waals surface area (Å²) >= 11 is 1.54. The van der Waals surface area contributed by atoms with E-state index in [1.54, 1.807) is 47.5 Å². The molecule has 0 saturated heterocycles. The second-order valence-corrected chi connectivity index (χ2v) is 7.43. The highest BCUT2D eigenvalue weighted by atomic mass is 32.1. The van der Waals surface area contributed by atoms with Gasteiger partial charge in [-0.15, -0.1) is 11.3 Å². The van der Waals surface area contributed by atoms with Crippen LogP contribution in [0.5, 0.6) is 0 Å². The fraction of sp³-hybridized carbons (Fsp3) is 0.450. The molecule has 2 aromatic rings. The zero-order chi connectivity index (χ0) is 19.6. The summed E-state index contributed by atoms with van der Waals surface area (Å²) in [6.45, 7) is 7.00. The Morgan fingerprint density at radius 3 is 2.67 bits per heavy atom. The van der Waals surface area contributed by atoms with Gasteiger partial charge in [0.25, 0.3) is 11.8 Å². The molecule has 6 nitrogen and oxygen atoms in total. The maximum Gasteiger partial charge on any atom is 0.253 e. The van der Waals surface area contributed by atoms with E-state index in [0.717, 1.165) is 36.6 Å². The fourth-order valence-corrected chi connectivity index (χ4v) is 3.41. The van der Waals surface area contributed by atoms with Crippen molar-refractivity contribution in [2.24, 2.45) is 0 Å². The molecule has 2 amide bonds. The number of aryl methyl sites for hydroxylation is 1. The molecular weight excluding hydrogens is 360 g/mol. The third-order valence-electron chi connectivity index (χ3n) is 4.00. The van der Waals surface area contributed by atoms with Crippen molar-refractivity contribution in [1.82, 2.24) is 20.5 Å². The van der Waals surface area contributed by atoms with Gasteiger partial charge in [0.15, 0.2) is 0 Å². The topological polar surface area (TPSA) is 74.3 Å². The molecular formula is C20H28N4O2S. The molecule has 0 radical (unpaired) electrons. The summed E-state index contributed by atoms with van der Waals surface area (Å²) in [5.74, 6) is -0.278. The summed E-state index contributed by atoms with van der Waals surface area (Å²) in [4.78, 5) is 31.0. The van der Waals surface area contributed by atoms with Crippen LogP contribution in [-0.2, 0) is 6.54 Å². The zero-order valence-corrected chi connectivity index (χ0v) is 17.1. The minimum absolute atomic E-state index is 0.124. The molecule has 0 spiro atoms. The molecule has 2 N–H and O–H groups in total. The van der Waals surface area contributed by atoms with Crippen molar-refractivity contribution in [2.45, 2.75) is 33.2 Å². The number of nitrogens with one attached hydrogen (secondary N) is 2. The number of aromatic nitrogens is 1. The molecule has 0 aliphatic rings. The Balaban J connectivity index is 1.89. The van der Waals surface area contributed by atoms with Crippen molar-refractivity contribution >= 4 is 23.2 Å². The van der Waals surface area contributed by atoms with Gasteiger partial charge in [-0.2, -0.15) is 0 Å². The highest BCUT2D eigenvalue weighted by molar-refractivity contribution is 7.09. The van der Waals surface area contributed by atoms with Crippen LogP contribution in [0.25, 0.3) is 0 Å². The molecule has 1 aromatic carbocycles. The van der Waals surface area contributed by atoms with Crippen LogP contribution in [0.2, 0.25) is 0 Å². The van der Waals surface area contributed by atoms with E-state index in [1.165, 1.54) is 0 Å². The quantitative estimate of drug-likeness (QED) is 0.614. The summed E-state index contributed by atoms with van der Waals surface area (Å²) in [6.07, 6.45) is 1.98. The number of carbonyl (C=O) groups excluding carboxylic acids is 2. The Morgan fingerprint density at radius 2 is 1.96 bits per heavy atom. The number of benzene rings is 1. The zero-order valence-electron chi connectivity index (χ0n) is 16.2. The van der Waals surface area contributed by atoms with Crippen molar-refractivity contribution in [2.75, 3.05) is 26.7 Å². The van der Waals surface area contributed by atoms with Crippen molar-refractivity contribution in [3.05, 3.63) is 51.5 Å². The van der Waals surface area contributed by atoms with E-state index in [1.807, 2.05) is 12.3 Å². The third kappa shape index (κ3) is 6.77. The first kappa shape index (κ1) is 21.1. The number of hydrogen-bond acceptors (Lipinski definition) is 5. The van der Waals surface area contributed by atoms with Crippen molar-refractivity contribution in [3.63, 3.8) is 0 Å². The van der Waals surface area contributed by atoms with Gasteiger partial charge < -0.3 is 15.5 Å². The molecule has 0 saturated carbocycles. The Labute approximate surface area is 165 Å². The number of rotatable bonds is 10. The lowest BCUT2D eigenvalue weighted by molar-refractivity contribution is 0.0785. The van der Waals surface area contributed by atoms with Gasteiger partial charge in [-0.3, -0.25) is 9.59 Å². The van der Waals surface area contributed by atoms with Crippen molar-refractivity contribution in [3.8, 4) is 0 Å². The predicted molar refractivity (Wildman–Crippen MR) is 109 cm³/mol. The predicted octanol–water partition coefficient (Wildman–Crippen LogP) is 2.84. The average Bonchev–Trinajstić information content (AvgIpc) is 3.08. The van der Waals surface area contributed by atoms with Crippen molar-refractivity contribution in [1.29, 1.82) is 0 Å². The molecule has 1 heterocycles. The molecule has 1 aromatic heterocycles. The number of thiazole rings is 1. The highest BCUT2D eigenvalue weighted by Gasteiger charge is 2.15. The molecule has 7 heteroatoms. The highest BCUT2D eigenvalue weighted by Crippen LogP contribution is 2.14. The summed E-state index contributed by atoms with van der Waals surface area (Å²) in [5, 5.41) is 9.07. The summed E-state index contributed by atoms with van der Waals surface area (Å²) in [5.41, 5.74) is 1.96. The molecule has 27 heavy (non-hydrogen) atoms. The van der Waals surface area contributed by atoms with Crippen LogP contribution < -0.4 is 10.6 Å². The number of carbonyl (C=O) groups is 2. The van der Waals surface area contributed by atoms with Gasteiger partial charge in [0.05, 0.1) is 6.54 Å². The van der Waals surface area contributed by atoms with Gasteiger partial charge in [-0.25, -0.2) is 4.98 Å².